The number of nitrogens with two attached hydrogens (primary N) is 2. The number of amides is 1. The number of allylic oxidation sites excluding steroid dienone is 1. The highest BCUT2D eigenvalue weighted by Gasteiger charge is 2.18. The molecule has 2 rings (SSSR count). The van der Waals surface area contributed by atoms with Gasteiger partial charge in [-0.2, -0.15) is 0 Å². The summed E-state index contributed by atoms with van der Waals surface area (Å²) in [5.41, 5.74) is 12.4. The van der Waals surface area contributed by atoms with Crippen LogP contribution in [0.3, 0.4) is 0 Å². The number of ether oxygens (including phenoxy) is 1. The van der Waals surface area contributed by atoms with Crippen molar-refractivity contribution in [3.8, 4) is 5.75 Å². The molecule has 1 aromatic carbocycles. The van der Waals surface area contributed by atoms with E-state index in [1.54, 1.807) is 24.3 Å². The molecule has 8 nitrogen and oxygen atoms in total. The van der Waals surface area contributed by atoms with E-state index in [4.69, 9.17) is 33.2 Å². The summed E-state index contributed by atoms with van der Waals surface area (Å²) in [6.45, 7) is 2.25. The van der Waals surface area contributed by atoms with Crippen molar-refractivity contribution in [2.75, 3.05) is 6.61 Å². The van der Waals surface area contributed by atoms with E-state index in [0.717, 1.165) is 12.4 Å². The summed E-state index contributed by atoms with van der Waals surface area (Å²) < 4.78 is 5.54. The number of carbonyl (C=O) groups excluding carboxylic acids is 1. The maximum atomic E-state index is 12.6. The zero-order chi connectivity index (χ0) is 19.8. The summed E-state index contributed by atoms with van der Waals surface area (Å²) in [6, 6.07) is 6.54. The molecular weight excluding hydrogens is 368 g/mol. The monoisotopic (exact) mass is 386 g/mol. The Kier molecular flexibility index (Phi) is 6.90. The summed E-state index contributed by atoms with van der Waals surface area (Å²) in [7, 11) is 0. The second-order valence-electron chi connectivity index (χ2n) is 5.15. The SMILES string of the molecule is CCOc1ccc(Cl)cc1C(N)=C(C=N)NC(=O)C(=CN)c1ncccn1. The Morgan fingerprint density at radius 1 is 1.37 bits per heavy atom. The van der Waals surface area contributed by atoms with Gasteiger partial charge in [0, 0.05) is 35.4 Å². The second kappa shape index (κ2) is 9.35. The summed E-state index contributed by atoms with van der Waals surface area (Å²) >= 11 is 6.05. The molecule has 1 aromatic heterocycles. The van der Waals surface area contributed by atoms with Gasteiger partial charge in [0.05, 0.1) is 23.6 Å². The maximum absolute atomic E-state index is 12.6. The summed E-state index contributed by atoms with van der Waals surface area (Å²) in [5, 5.41) is 10.6. The van der Waals surface area contributed by atoms with Gasteiger partial charge < -0.3 is 26.9 Å². The minimum atomic E-state index is -0.606. The van der Waals surface area contributed by atoms with E-state index in [9.17, 15) is 4.79 Å². The lowest BCUT2D eigenvalue weighted by molar-refractivity contribution is -0.114. The van der Waals surface area contributed by atoms with Crippen LogP contribution >= 0.6 is 11.6 Å². The number of carbonyl (C=O) groups is 1. The first kappa shape index (κ1) is 19.9. The molecule has 0 aliphatic rings. The number of rotatable bonds is 7. The van der Waals surface area contributed by atoms with E-state index in [1.165, 1.54) is 12.4 Å². The molecule has 0 bridgehead atoms. The molecule has 0 saturated carbocycles. The van der Waals surface area contributed by atoms with Crippen molar-refractivity contribution in [3.05, 3.63) is 65.0 Å². The van der Waals surface area contributed by atoms with E-state index < -0.39 is 5.91 Å². The zero-order valence-electron chi connectivity index (χ0n) is 14.6. The number of halogens is 1. The minimum Gasteiger partial charge on any atom is -0.493 e. The van der Waals surface area contributed by atoms with E-state index in [2.05, 4.69) is 15.3 Å². The largest absolute Gasteiger partial charge is 0.493 e. The van der Waals surface area contributed by atoms with Crippen molar-refractivity contribution >= 4 is 35.0 Å². The molecule has 6 N–H and O–H groups in total. The van der Waals surface area contributed by atoms with Gasteiger partial charge in [0.25, 0.3) is 5.91 Å². The summed E-state index contributed by atoms with van der Waals surface area (Å²) in [5.74, 6) is 0.0253. The first-order valence-corrected chi connectivity index (χ1v) is 8.33. The molecule has 140 valence electrons. The fraction of sp³-hybridized carbons (Fsp3) is 0.111. The standard InChI is InChI=1S/C18H19ClN6O2/c1-2-27-15-5-4-11(19)8-12(15)16(22)14(10-21)25-18(26)13(9-20)17-23-6-3-7-24-17/h3-10,21H,2,20,22H2,1H3,(H,25,26). The van der Waals surface area contributed by atoms with Crippen molar-refractivity contribution in [2.45, 2.75) is 6.92 Å². The van der Waals surface area contributed by atoms with Crippen LogP contribution in [0.25, 0.3) is 11.3 Å². The van der Waals surface area contributed by atoms with Crippen molar-refractivity contribution in [3.63, 3.8) is 0 Å². The Morgan fingerprint density at radius 2 is 2.07 bits per heavy atom. The van der Waals surface area contributed by atoms with Gasteiger partial charge in [-0.05, 0) is 31.2 Å². The second-order valence-corrected chi connectivity index (χ2v) is 5.59. The molecule has 0 fully saturated rings. The zero-order valence-corrected chi connectivity index (χ0v) is 15.3. The fourth-order valence-corrected chi connectivity index (χ4v) is 2.37. The molecule has 0 atom stereocenters. The summed E-state index contributed by atoms with van der Waals surface area (Å²) in [4.78, 5) is 20.6. The van der Waals surface area contributed by atoms with Crippen LogP contribution in [0.2, 0.25) is 5.02 Å². The van der Waals surface area contributed by atoms with Crippen molar-refractivity contribution in [1.29, 1.82) is 5.41 Å². The summed E-state index contributed by atoms with van der Waals surface area (Å²) in [6.07, 6.45) is 4.99. The van der Waals surface area contributed by atoms with Crippen LogP contribution in [-0.2, 0) is 4.79 Å². The quantitative estimate of drug-likeness (QED) is 0.423. The molecule has 1 amide bonds. The molecule has 0 radical (unpaired) electrons. The van der Waals surface area contributed by atoms with Gasteiger partial charge in [-0.1, -0.05) is 11.6 Å². The third-order valence-electron chi connectivity index (χ3n) is 3.43. The Morgan fingerprint density at radius 3 is 2.67 bits per heavy atom. The van der Waals surface area contributed by atoms with Crippen LogP contribution < -0.4 is 21.5 Å². The van der Waals surface area contributed by atoms with Crippen LogP contribution in [-0.4, -0.2) is 28.7 Å². The van der Waals surface area contributed by atoms with Crippen molar-refractivity contribution < 1.29 is 9.53 Å². The molecule has 0 spiro atoms. The van der Waals surface area contributed by atoms with E-state index >= 15 is 0 Å². The Balaban J connectivity index is 2.39. The predicted octanol–water partition coefficient (Wildman–Crippen LogP) is 1.92. The van der Waals surface area contributed by atoms with E-state index in [1.807, 2.05) is 6.92 Å². The van der Waals surface area contributed by atoms with Gasteiger partial charge in [0.1, 0.15) is 5.75 Å². The smallest absolute Gasteiger partial charge is 0.261 e. The average Bonchev–Trinajstić information content (AvgIpc) is 2.68. The Bertz CT molecular complexity index is 896. The third kappa shape index (κ3) is 4.83. The highest BCUT2D eigenvalue weighted by Crippen LogP contribution is 2.28. The first-order valence-electron chi connectivity index (χ1n) is 7.95. The van der Waals surface area contributed by atoms with Crippen LogP contribution in [0.1, 0.15) is 18.3 Å². The van der Waals surface area contributed by atoms with E-state index in [0.29, 0.717) is 22.9 Å². The topological polar surface area (TPSA) is 140 Å². The van der Waals surface area contributed by atoms with Gasteiger partial charge in [-0.25, -0.2) is 9.97 Å². The molecule has 0 saturated heterocycles. The van der Waals surface area contributed by atoms with Gasteiger partial charge in [0.15, 0.2) is 5.82 Å². The Labute approximate surface area is 161 Å². The number of nitrogens with zero attached hydrogens (tertiary/aromatic N) is 2. The van der Waals surface area contributed by atoms with Gasteiger partial charge >= 0.3 is 0 Å². The van der Waals surface area contributed by atoms with Crippen LogP contribution in [0.15, 0.2) is 48.6 Å². The lowest BCUT2D eigenvalue weighted by Gasteiger charge is -2.14. The number of benzene rings is 1. The van der Waals surface area contributed by atoms with Gasteiger partial charge in [0.2, 0.25) is 0 Å². The lowest BCUT2D eigenvalue weighted by atomic mass is 10.1. The maximum Gasteiger partial charge on any atom is 0.261 e. The molecule has 9 heteroatoms. The molecule has 0 aliphatic carbocycles. The first-order chi connectivity index (χ1) is 13.0. The highest BCUT2D eigenvalue weighted by molar-refractivity contribution is 6.30. The van der Waals surface area contributed by atoms with Crippen LogP contribution in [0.5, 0.6) is 5.75 Å². The normalized spacial score (nSPS) is 12.1. The van der Waals surface area contributed by atoms with Crippen molar-refractivity contribution in [2.24, 2.45) is 11.5 Å². The number of hydrogen-bond donors (Lipinski definition) is 4. The lowest BCUT2D eigenvalue weighted by Crippen LogP contribution is -2.28. The van der Waals surface area contributed by atoms with Gasteiger partial charge in [-0.15, -0.1) is 0 Å². The fourth-order valence-electron chi connectivity index (χ4n) is 2.20. The van der Waals surface area contributed by atoms with Crippen molar-refractivity contribution in [1.82, 2.24) is 15.3 Å². The number of aromatic nitrogens is 2. The highest BCUT2D eigenvalue weighted by atomic mass is 35.5. The van der Waals surface area contributed by atoms with E-state index in [-0.39, 0.29) is 22.8 Å². The molecule has 0 unspecified atom stereocenters. The molecular formula is C18H19ClN6O2. The number of hydrogen-bond acceptors (Lipinski definition) is 7. The third-order valence-corrected chi connectivity index (χ3v) is 3.67. The Hall–Kier alpha value is -3.39. The molecule has 27 heavy (non-hydrogen) atoms. The molecule has 0 aliphatic heterocycles. The van der Waals surface area contributed by atoms with Crippen LogP contribution in [0, 0.1) is 5.41 Å². The molecule has 1 heterocycles. The molecule has 2 aromatic rings. The average molecular weight is 387 g/mol. The van der Waals surface area contributed by atoms with Crippen LogP contribution in [0.4, 0.5) is 0 Å². The predicted molar refractivity (Wildman–Crippen MR) is 105 cm³/mol. The minimum absolute atomic E-state index is 0.0406. The number of nitrogens with one attached hydrogen (secondary N) is 2. The van der Waals surface area contributed by atoms with Gasteiger partial charge in [-0.3, -0.25) is 4.79 Å².